The van der Waals surface area contributed by atoms with E-state index in [9.17, 15) is 4.79 Å². The fourth-order valence-electron chi connectivity index (χ4n) is 2.42. The fourth-order valence-corrected chi connectivity index (χ4v) is 2.42. The molecule has 122 valence electrons. The van der Waals surface area contributed by atoms with Crippen molar-refractivity contribution in [3.8, 4) is 0 Å². The van der Waals surface area contributed by atoms with Gasteiger partial charge >= 0.3 is 5.97 Å². The molecule has 0 amide bonds. The average Bonchev–Trinajstić information content (AvgIpc) is 2.86. The van der Waals surface area contributed by atoms with Gasteiger partial charge in [-0.1, -0.05) is 0 Å². The summed E-state index contributed by atoms with van der Waals surface area (Å²) in [5.41, 5.74) is -0.296. The zero-order valence-corrected chi connectivity index (χ0v) is 14.1. The molecular formula is C16H26N4O2. The maximum Gasteiger partial charge on any atom is 0.359 e. The molecule has 1 N–H and O–H groups in total. The summed E-state index contributed by atoms with van der Waals surface area (Å²) in [6.07, 6.45) is 4.15. The number of likely N-dealkylation sites (tertiary alicyclic amines) is 1. The van der Waals surface area contributed by atoms with E-state index in [1.807, 2.05) is 20.8 Å². The lowest BCUT2D eigenvalue weighted by atomic mass is 10.2. The molecule has 0 spiro atoms. The van der Waals surface area contributed by atoms with E-state index < -0.39 is 11.6 Å². The monoisotopic (exact) mass is 306 g/mol. The van der Waals surface area contributed by atoms with Crippen LogP contribution in [0.1, 0.15) is 51.5 Å². The molecule has 0 aliphatic carbocycles. The SMILES string of the molecule is CC(C)N1CC[C@H](Nc2cnc(C(=O)OC(C)(C)C)cn2)C1. The highest BCUT2D eigenvalue weighted by Crippen LogP contribution is 2.16. The Morgan fingerprint density at radius 2 is 2.09 bits per heavy atom. The van der Waals surface area contributed by atoms with E-state index >= 15 is 0 Å². The van der Waals surface area contributed by atoms with Gasteiger partial charge < -0.3 is 10.1 Å². The smallest absolute Gasteiger partial charge is 0.359 e. The Hall–Kier alpha value is -1.69. The van der Waals surface area contributed by atoms with Gasteiger partial charge in [-0.05, 0) is 41.0 Å². The summed E-state index contributed by atoms with van der Waals surface area (Å²) in [6.45, 7) is 12.0. The van der Waals surface area contributed by atoms with Crippen molar-refractivity contribution in [1.29, 1.82) is 0 Å². The van der Waals surface area contributed by atoms with E-state index in [-0.39, 0.29) is 5.69 Å². The molecule has 6 nitrogen and oxygen atoms in total. The third-order valence-electron chi connectivity index (χ3n) is 3.56. The molecule has 1 aromatic rings. The molecule has 0 bridgehead atoms. The van der Waals surface area contributed by atoms with Crippen LogP contribution in [0.4, 0.5) is 5.82 Å². The Balaban J connectivity index is 1.91. The Morgan fingerprint density at radius 3 is 2.59 bits per heavy atom. The summed E-state index contributed by atoms with van der Waals surface area (Å²) in [5.74, 6) is 0.251. The number of esters is 1. The van der Waals surface area contributed by atoms with Crippen LogP contribution in [0.3, 0.4) is 0 Å². The van der Waals surface area contributed by atoms with Gasteiger partial charge in [0.15, 0.2) is 5.69 Å². The van der Waals surface area contributed by atoms with Gasteiger partial charge in [0.25, 0.3) is 0 Å². The standard InChI is InChI=1S/C16H26N4O2/c1-11(2)20-7-6-12(10-20)19-14-9-17-13(8-18-14)15(21)22-16(3,4)5/h8-9,11-12H,6-7,10H2,1-5H3,(H,18,19)/t12-/m0/s1. The molecular weight excluding hydrogens is 280 g/mol. The molecule has 22 heavy (non-hydrogen) atoms. The van der Waals surface area contributed by atoms with Gasteiger partial charge in [-0.25, -0.2) is 14.8 Å². The first kappa shape index (κ1) is 16.7. The normalized spacial score (nSPS) is 19.5. The third-order valence-corrected chi connectivity index (χ3v) is 3.56. The lowest BCUT2D eigenvalue weighted by Crippen LogP contribution is -2.31. The van der Waals surface area contributed by atoms with Crippen LogP contribution in [0.15, 0.2) is 12.4 Å². The Bertz CT molecular complexity index is 508. The van der Waals surface area contributed by atoms with Crippen molar-refractivity contribution in [3.05, 3.63) is 18.1 Å². The molecule has 0 radical (unpaired) electrons. The summed E-state index contributed by atoms with van der Waals surface area (Å²) >= 11 is 0. The van der Waals surface area contributed by atoms with Gasteiger partial charge in [-0.2, -0.15) is 0 Å². The second-order valence-corrected chi connectivity index (χ2v) is 7.01. The number of aromatic nitrogens is 2. The zero-order chi connectivity index (χ0) is 16.3. The Labute approximate surface area is 132 Å². The van der Waals surface area contributed by atoms with Crippen molar-refractivity contribution in [1.82, 2.24) is 14.9 Å². The minimum Gasteiger partial charge on any atom is -0.455 e. The molecule has 1 aromatic heterocycles. The third kappa shape index (κ3) is 4.66. The van der Waals surface area contributed by atoms with E-state index in [2.05, 4.69) is 34.0 Å². The van der Waals surface area contributed by atoms with Gasteiger partial charge in [-0.15, -0.1) is 0 Å². The molecule has 1 aliphatic heterocycles. The van der Waals surface area contributed by atoms with Gasteiger partial charge in [0.2, 0.25) is 0 Å². The Kier molecular flexibility index (Phi) is 5.01. The molecule has 1 saturated heterocycles. The lowest BCUT2D eigenvalue weighted by molar-refractivity contribution is 0.00624. The number of nitrogens with zero attached hydrogens (tertiary/aromatic N) is 3. The fraction of sp³-hybridized carbons (Fsp3) is 0.688. The van der Waals surface area contributed by atoms with E-state index in [1.54, 1.807) is 6.20 Å². The molecule has 0 aromatic carbocycles. The minimum absolute atomic E-state index is 0.232. The summed E-state index contributed by atoms with van der Waals surface area (Å²) in [5, 5.41) is 3.37. The number of hydrogen-bond donors (Lipinski definition) is 1. The van der Waals surface area contributed by atoms with Crippen LogP contribution < -0.4 is 5.32 Å². The molecule has 0 unspecified atom stereocenters. The number of carbonyl (C=O) groups excluding carboxylic acids is 1. The second-order valence-electron chi connectivity index (χ2n) is 7.01. The van der Waals surface area contributed by atoms with Crippen LogP contribution in [-0.4, -0.2) is 51.6 Å². The molecule has 2 rings (SSSR count). The lowest BCUT2D eigenvalue weighted by Gasteiger charge is -2.20. The zero-order valence-electron chi connectivity index (χ0n) is 14.1. The van der Waals surface area contributed by atoms with Crippen molar-refractivity contribution in [2.75, 3.05) is 18.4 Å². The van der Waals surface area contributed by atoms with Gasteiger partial charge in [0.1, 0.15) is 11.4 Å². The highest BCUT2D eigenvalue weighted by Gasteiger charge is 2.24. The van der Waals surface area contributed by atoms with Crippen molar-refractivity contribution in [2.24, 2.45) is 0 Å². The first-order valence-electron chi connectivity index (χ1n) is 7.80. The molecule has 1 fully saturated rings. The Morgan fingerprint density at radius 1 is 1.36 bits per heavy atom. The highest BCUT2D eigenvalue weighted by atomic mass is 16.6. The van der Waals surface area contributed by atoms with Crippen LogP contribution in [0.5, 0.6) is 0 Å². The predicted molar refractivity (Wildman–Crippen MR) is 85.9 cm³/mol. The van der Waals surface area contributed by atoms with Gasteiger partial charge in [0.05, 0.1) is 12.4 Å². The van der Waals surface area contributed by atoms with Crippen molar-refractivity contribution in [2.45, 2.75) is 58.7 Å². The van der Waals surface area contributed by atoms with Crippen molar-refractivity contribution in [3.63, 3.8) is 0 Å². The van der Waals surface area contributed by atoms with Crippen LogP contribution >= 0.6 is 0 Å². The second kappa shape index (κ2) is 6.60. The molecule has 6 heteroatoms. The number of carbonyl (C=O) groups is 1. The number of anilines is 1. The molecule has 1 atom stereocenters. The van der Waals surface area contributed by atoms with Crippen LogP contribution in [0.25, 0.3) is 0 Å². The van der Waals surface area contributed by atoms with Crippen molar-refractivity contribution >= 4 is 11.8 Å². The van der Waals surface area contributed by atoms with E-state index in [0.29, 0.717) is 17.9 Å². The maximum absolute atomic E-state index is 11.9. The first-order valence-corrected chi connectivity index (χ1v) is 7.80. The summed E-state index contributed by atoms with van der Waals surface area (Å²) in [7, 11) is 0. The molecule has 1 aliphatic rings. The topological polar surface area (TPSA) is 67.4 Å². The van der Waals surface area contributed by atoms with Gasteiger partial charge in [0, 0.05) is 25.2 Å². The average molecular weight is 306 g/mol. The quantitative estimate of drug-likeness (QED) is 0.861. The van der Waals surface area contributed by atoms with Crippen LogP contribution in [0.2, 0.25) is 0 Å². The summed E-state index contributed by atoms with van der Waals surface area (Å²) in [6, 6.07) is 0.941. The predicted octanol–water partition coefficient (Wildman–Crippen LogP) is 2.33. The van der Waals surface area contributed by atoms with E-state index in [1.165, 1.54) is 6.20 Å². The minimum atomic E-state index is -0.528. The van der Waals surface area contributed by atoms with Crippen LogP contribution in [-0.2, 0) is 4.74 Å². The largest absolute Gasteiger partial charge is 0.455 e. The first-order chi connectivity index (χ1) is 10.2. The molecule has 0 saturated carbocycles. The summed E-state index contributed by atoms with van der Waals surface area (Å²) in [4.78, 5) is 22.7. The number of nitrogens with one attached hydrogen (secondary N) is 1. The van der Waals surface area contributed by atoms with E-state index in [0.717, 1.165) is 19.5 Å². The van der Waals surface area contributed by atoms with E-state index in [4.69, 9.17) is 4.74 Å². The van der Waals surface area contributed by atoms with Crippen molar-refractivity contribution < 1.29 is 9.53 Å². The number of rotatable bonds is 4. The van der Waals surface area contributed by atoms with Gasteiger partial charge in [-0.3, -0.25) is 4.90 Å². The number of hydrogen-bond acceptors (Lipinski definition) is 6. The molecule has 2 heterocycles. The van der Waals surface area contributed by atoms with Crippen LogP contribution in [0, 0.1) is 0 Å². The number of ether oxygens (including phenoxy) is 1. The highest BCUT2D eigenvalue weighted by molar-refractivity contribution is 5.87. The summed E-state index contributed by atoms with van der Waals surface area (Å²) < 4.78 is 5.27. The maximum atomic E-state index is 11.9.